The van der Waals surface area contributed by atoms with Crippen molar-refractivity contribution in [1.29, 1.82) is 0 Å². The molecule has 0 unspecified atom stereocenters. The molecule has 0 saturated carbocycles. The SMILES string of the molecule is COc1ccc([C@H]2C(C(=O)OC(C)C)=C(C)N=C3SC=C(CC(=O)NCc4ccc5c(c4)OCO5)N32)cc1. The van der Waals surface area contributed by atoms with Gasteiger partial charge in [0.1, 0.15) is 5.75 Å². The number of hydrogen-bond acceptors (Lipinski definition) is 9. The normalized spacial score (nSPS) is 17.7. The van der Waals surface area contributed by atoms with Crippen LogP contribution in [0.2, 0.25) is 0 Å². The van der Waals surface area contributed by atoms with Crippen LogP contribution in [-0.2, 0) is 20.9 Å². The van der Waals surface area contributed by atoms with Gasteiger partial charge in [0.25, 0.3) is 0 Å². The molecule has 0 bridgehead atoms. The Morgan fingerprint density at radius 1 is 1.16 bits per heavy atom. The van der Waals surface area contributed by atoms with Crippen molar-refractivity contribution in [2.45, 2.75) is 45.9 Å². The number of benzene rings is 2. The lowest BCUT2D eigenvalue weighted by Gasteiger charge is -2.36. The fourth-order valence-electron chi connectivity index (χ4n) is 4.49. The number of aliphatic imine (C=N–C) groups is 1. The van der Waals surface area contributed by atoms with Crippen molar-refractivity contribution in [3.63, 3.8) is 0 Å². The van der Waals surface area contributed by atoms with Crippen LogP contribution in [0.15, 0.2) is 69.8 Å². The van der Waals surface area contributed by atoms with E-state index in [-0.39, 0.29) is 25.2 Å². The third kappa shape index (κ3) is 5.22. The zero-order valence-corrected chi connectivity index (χ0v) is 22.5. The van der Waals surface area contributed by atoms with E-state index >= 15 is 0 Å². The molecule has 0 spiro atoms. The van der Waals surface area contributed by atoms with Crippen molar-refractivity contribution in [3.8, 4) is 17.2 Å². The van der Waals surface area contributed by atoms with E-state index in [1.54, 1.807) is 7.11 Å². The Labute approximate surface area is 225 Å². The topological polar surface area (TPSA) is 98.7 Å². The molecular weight excluding hydrogens is 506 g/mol. The summed E-state index contributed by atoms with van der Waals surface area (Å²) >= 11 is 1.43. The lowest BCUT2D eigenvalue weighted by atomic mass is 9.93. The number of amidine groups is 1. The summed E-state index contributed by atoms with van der Waals surface area (Å²) in [4.78, 5) is 32.9. The quantitative estimate of drug-likeness (QED) is 0.488. The molecule has 2 aromatic rings. The number of nitrogens with zero attached hydrogens (tertiary/aromatic N) is 2. The van der Waals surface area contributed by atoms with E-state index in [1.807, 2.05) is 73.5 Å². The van der Waals surface area contributed by atoms with E-state index in [0.717, 1.165) is 16.8 Å². The summed E-state index contributed by atoms with van der Waals surface area (Å²) in [7, 11) is 1.61. The Balaban J connectivity index is 1.37. The first-order valence-corrected chi connectivity index (χ1v) is 13.2. The van der Waals surface area contributed by atoms with Crippen molar-refractivity contribution in [1.82, 2.24) is 10.2 Å². The first kappa shape index (κ1) is 25.7. The van der Waals surface area contributed by atoms with E-state index in [4.69, 9.17) is 23.9 Å². The molecule has 0 aliphatic carbocycles. The zero-order chi connectivity index (χ0) is 26.8. The molecule has 2 aromatic carbocycles. The molecule has 1 N–H and O–H groups in total. The third-order valence-electron chi connectivity index (χ3n) is 6.26. The second-order valence-electron chi connectivity index (χ2n) is 9.26. The molecule has 3 aliphatic heterocycles. The van der Waals surface area contributed by atoms with Crippen molar-refractivity contribution in [3.05, 3.63) is 76.0 Å². The highest BCUT2D eigenvalue weighted by Crippen LogP contribution is 2.45. The van der Waals surface area contributed by atoms with Gasteiger partial charge in [0, 0.05) is 12.2 Å². The smallest absolute Gasteiger partial charge is 0.338 e. The van der Waals surface area contributed by atoms with Gasteiger partial charge in [-0.2, -0.15) is 0 Å². The number of esters is 1. The standard InChI is InChI=1S/C28H29N3O6S/c1-16(2)37-27(33)25-17(3)30-28-31(26(25)19-6-8-21(34-4)9-7-19)20(14-38-28)12-24(32)29-13-18-5-10-22-23(11-18)36-15-35-22/h5-11,14,16,26H,12-13,15H2,1-4H3,(H,29,32)/t26-/m0/s1. The maximum atomic E-state index is 13.3. The van der Waals surface area contributed by atoms with Crippen LogP contribution in [0.3, 0.4) is 0 Å². The van der Waals surface area contributed by atoms with Gasteiger partial charge < -0.3 is 29.2 Å². The molecule has 198 valence electrons. The number of carbonyl (C=O) groups is 2. The summed E-state index contributed by atoms with van der Waals surface area (Å²) < 4.78 is 21.7. The van der Waals surface area contributed by atoms with Crippen LogP contribution in [0.25, 0.3) is 0 Å². The van der Waals surface area contributed by atoms with Crippen LogP contribution in [0, 0.1) is 0 Å². The van der Waals surface area contributed by atoms with Crippen molar-refractivity contribution < 1.29 is 28.5 Å². The van der Waals surface area contributed by atoms with E-state index in [9.17, 15) is 9.59 Å². The highest BCUT2D eigenvalue weighted by molar-refractivity contribution is 8.16. The van der Waals surface area contributed by atoms with E-state index < -0.39 is 12.0 Å². The first-order chi connectivity index (χ1) is 18.3. The number of nitrogens with one attached hydrogen (secondary N) is 1. The molecule has 5 rings (SSSR count). The number of ether oxygens (including phenoxy) is 4. The van der Waals surface area contributed by atoms with Crippen LogP contribution in [0.1, 0.15) is 44.4 Å². The average Bonchev–Trinajstić information content (AvgIpc) is 3.52. The number of rotatable bonds is 8. The van der Waals surface area contributed by atoms with Gasteiger partial charge in [0.15, 0.2) is 16.7 Å². The minimum Gasteiger partial charge on any atom is -0.497 e. The number of carbonyl (C=O) groups excluding carboxylic acids is 2. The number of thioether (sulfide) groups is 1. The van der Waals surface area contributed by atoms with Gasteiger partial charge >= 0.3 is 5.97 Å². The monoisotopic (exact) mass is 535 g/mol. The Morgan fingerprint density at radius 3 is 2.66 bits per heavy atom. The minimum atomic E-state index is -0.498. The second kappa shape index (κ2) is 10.8. The number of hydrogen-bond donors (Lipinski definition) is 1. The molecular formula is C28H29N3O6S. The number of methoxy groups -OCH3 is 1. The van der Waals surface area contributed by atoms with Gasteiger partial charge in [-0.15, -0.1) is 0 Å². The van der Waals surface area contributed by atoms with Gasteiger partial charge in [-0.25, -0.2) is 9.79 Å². The van der Waals surface area contributed by atoms with Gasteiger partial charge in [-0.3, -0.25) is 4.79 Å². The van der Waals surface area contributed by atoms with E-state index in [1.165, 1.54) is 11.8 Å². The van der Waals surface area contributed by atoms with Crippen LogP contribution < -0.4 is 19.5 Å². The van der Waals surface area contributed by atoms with Gasteiger partial charge in [-0.05, 0) is 61.6 Å². The Kier molecular flexibility index (Phi) is 7.33. The molecule has 3 heterocycles. The molecule has 0 radical (unpaired) electrons. The summed E-state index contributed by atoms with van der Waals surface area (Å²) in [6.45, 7) is 6.00. The highest BCUT2D eigenvalue weighted by Gasteiger charge is 2.41. The van der Waals surface area contributed by atoms with Crippen LogP contribution >= 0.6 is 11.8 Å². The maximum Gasteiger partial charge on any atom is 0.338 e. The zero-order valence-electron chi connectivity index (χ0n) is 21.6. The summed E-state index contributed by atoms with van der Waals surface area (Å²) in [6, 6.07) is 12.6. The van der Waals surface area contributed by atoms with Crippen molar-refractivity contribution in [2.24, 2.45) is 4.99 Å². The van der Waals surface area contributed by atoms with Crippen molar-refractivity contribution >= 4 is 28.8 Å². The summed E-state index contributed by atoms with van der Waals surface area (Å²) in [5.74, 6) is 1.50. The summed E-state index contributed by atoms with van der Waals surface area (Å²) in [6.07, 6.45) is -0.163. The van der Waals surface area contributed by atoms with Gasteiger partial charge in [-0.1, -0.05) is 30.0 Å². The van der Waals surface area contributed by atoms with Gasteiger partial charge in [0.05, 0.1) is 36.9 Å². The van der Waals surface area contributed by atoms with Crippen LogP contribution in [0.4, 0.5) is 0 Å². The van der Waals surface area contributed by atoms with Gasteiger partial charge in [0.2, 0.25) is 12.7 Å². The number of fused-ring (bicyclic) bond motifs is 2. The average molecular weight is 536 g/mol. The van der Waals surface area contributed by atoms with Crippen molar-refractivity contribution in [2.75, 3.05) is 13.9 Å². The number of amides is 1. The predicted molar refractivity (Wildman–Crippen MR) is 144 cm³/mol. The maximum absolute atomic E-state index is 13.3. The molecule has 3 aliphatic rings. The van der Waals surface area contributed by atoms with Crippen LogP contribution in [0.5, 0.6) is 17.2 Å². The second-order valence-corrected chi connectivity index (χ2v) is 10.1. The Bertz CT molecular complexity index is 1350. The molecule has 38 heavy (non-hydrogen) atoms. The summed E-state index contributed by atoms with van der Waals surface area (Å²) in [5, 5.41) is 5.61. The van der Waals surface area contributed by atoms with E-state index in [2.05, 4.69) is 5.32 Å². The summed E-state index contributed by atoms with van der Waals surface area (Å²) in [5.41, 5.74) is 3.56. The van der Waals surface area contributed by atoms with Crippen LogP contribution in [-0.4, -0.2) is 42.0 Å². The largest absolute Gasteiger partial charge is 0.497 e. The fraction of sp³-hybridized carbons (Fsp3) is 0.321. The molecule has 1 atom stereocenters. The molecule has 10 heteroatoms. The Morgan fingerprint density at radius 2 is 1.92 bits per heavy atom. The predicted octanol–water partition coefficient (Wildman–Crippen LogP) is 4.66. The minimum absolute atomic E-state index is 0.120. The molecule has 9 nitrogen and oxygen atoms in total. The fourth-order valence-corrected chi connectivity index (χ4v) is 5.45. The Hall–Kier alpha value is -3.92. The molecule has 0 aromatic heterocycles. The van der Waals surface area contributed by atoms with E-state index in [0.29, 0.717) is 40.2 Å². The molecule has 1 amide bonds. The first-order valence-electron chi connectivity index (χ1n) is 12.3. The highest BCUT2D eigenvalue weighted by atomic mass is 32.2. The molecule has 0 saturated heterocycles. The number of allylic oxidation sites excluding steroid dienone is 1. The lowest BCUT2D eigenvalue weighted by Crippen LogP contribution is -2.38. The lowest BCUT2D eigenvalue weighted by molar-refractivity contribution is -0.143. The molecule has 0 fully saturated rings. The third-order valence-corrected chi connectivity index (χ3v) is 7.15.